The van der Waals surface area contributed by atoms with Crippen molar-refractivity contribution in [3.8, 4) is 23.4 Å². The van der Waals surface area contributed by atoms with Crippen LogP contribution < -0.4 is 23.8 Å². The van der Waals surface area contributed by atoms with Crippen LogP contribution >= 0.6 is 0 Å². The van der Waals surface area contributed by atoms with Gasteiger partial charge in [-0.15, -0.1) is 0 Å². The molecule has 280 valence electrons. The Labute approximate surface area is 309 Å². The van der Waals surface area contributed by atoms with E-state index in [-0.39, 0.29) is 51.6 Å². The van der Waals surface area contributed by atoms with Crippen molar-refractivity contribution in [1.82, 2.24) is 25.0 Å². The molecule has 0 bridgehead atoms. The van der Waals surface area contributed by atoms with Crippen LogP contribution in [0.15, 0.2) is 59.6 Å². The van der Waals surface area contributed by atoms with E-state index in [1.807, 2.05) is 0 Å². The van der Waals surface area contributed by atoms with E-state index in [4.69, 9.17) is 18.9 Å². The second-order valence-corrected chi connectivity index (χ2v) is 15.3. The van der Waals surface area contributed by atoms with E-state index in [2.05, 4.69) is 26.2 Å². The fraction of sp³-hybridized carbons (Fsp3) is 0.459. The number of benzene rings is 2. The van der Waals surface area contributed by atoms with Crippen molar-refractivity contribution in [2.75, 3.05) is 71.5 Å². The predicted octanol–water partition coefficient (Wildman–Crippen LogP) is 2.54. The Morgan fingerprint density at radius 3 is 2.40 bits per heavy atom. The number of nitriles is 1. The van der Waals surface area contributed by atoms with E-state index in [9.17, 15) is 18.5 Å². The first-order chi connectivity index (χ1) is 25.6. The van der Waals surface area contributed by atoms with Crippen LogP contribution in [0.1, 0.15) is 36.5 Å². The summed E-state index contributed by atoms with van der Waals surface area (Å²) in [6.07, 6.45) is 3.88. The lowest BCUT2D eigenvalue weighted by Gasteiger charge is -2.51. The van der Waals surface area contributed by atoms with Gasteiger partial charge in [-0.05, 0) is 62.2 Å². The molecule has 53 heavy (non-hydrogen) atoms. The highest BCUT2D eigenvalue weighted by molar-refractivity contribution is 7.93. The Kier molecular flexibility index (Phi) is 9.94. The number of carbonyl (C=O) groups is 2. The molecule has 16 heteroatoms. The number of nitrogens with one attached hydrogen (secondary N) is 1. The molecule has 1 atom stereocenters. The van der Waals surface area contributed by atoms with Gasteiger partial charge in [0.1, 0.15) is 16.4 Å². The minimum atomic E-state index is -4.70. The largest absolute Gasteiger partial charge is 0.497 e. The van der Waals surface area contributed by atoms with E-state index in [1.165, 1.54) is 56.8 Å². The molecule has 1 aromatic heterocycles. The number of hydrogen-bond donors (Lipinski definition) is 1. The Morgan fingerprint density at radius 2 is 1.74 bits per heavy atom. The molecular formula is C37H43N7O8S. The number of pyridine rings is 1. The summed E-state index contributed by atoms with van der Waals surface area (Å²) >= 11 is 0. The quantitative estimate of drug-likeness (QED) is 0.305. The summed E-state index contributed by atoms with van der Waals surface area (Å²) in [7, 11) is -0.199. The van der Waals surface area contributed by atoms with Gasteiger partial charge < -0.3 is 29.2 Å². The summed E-state index contributed by atoms with van der Waals surface area (Å²) in [5, 5.41) is 12.9. The number of likely N-dealkylation sites (tertiary alicyclic amines) is 3. The monoisotopic (exact) mass is 745 g/mol. The van der Waals surface area contributed by atoms with Crippen LogP contribution in [-0.2, 0) is 25.1 Å². The maximum Gasteiger partial charge on any atom is 0.318 e. The Morgan fingerprint density at radius 1 is 0.981 bits per heavy atom. The Balaban J connectivity index is 1.22. The van der Waals surface area contributed by atoms with Crippen LogP contribution in [-0.4, -0.2) is 125 Å². The van der Waals surface area contributed by atoms with Crippen molar-refractivity contribution >= 4 is 27.6 Å². The molecule has 4 aliphatic heterocycles. The Hall–Kier alpha value is -4.95. The fourth-order valence-electron chi connectivity index (χ4n) is 7.79. The zero-order valence-corrected chi connectivity index (χ0v) is 31.0. The molecule has 3 aromatic rings. The van der Waals surface area contributed by atoms with Crippen molar-refractivity contribution in [3.05, 3.63) is 71.4 Å². The molecule has 0 radical (unpaired) electrons. The average Bonchev–Trinajstić information content (AvgIpc) is 3.38. The van der Waals surface area contributed by atoms with E-state index in [1.54, 1.807) is 31.1 Å². The molecule has 3 amide bonds. The number of amides is 3. The second kappa shape index (κ2) is 14.5. The zero-order chi connectivity index (χ0) is 37.5. The van der Waals surface area contributed by atoms with Crippen molar-refractivity contribution in [1.29, 1.82) is 5.26 Å². The summed E-state index contributed by atoms with van der Waals surface area (Å²) in [6, 6.07) is 13.7. The number of aromatic nitrogens is 1. The summed E-state index contributed by atoms with van der Waals surface area (Å²) in [5.41, 5.74) is -1.83. The number of urea groups is 1. The lowest BCUT2D eigenvalue weighted by molar-refractivity contribution is -0.121. The number of rotatable bonds is 11. The van der Waals surface area contributed by atoms with Gasteiger partial charge in [0.25, 0.3) is 15.9 Å². The molecular weight excluding hydrogens is 703 g/mol. The number of carbonyl (C=O) groups excluding carboxylic acids is 2. The van der Waals surface area contributed by atoms with Gasteiger partial charge in [0.2, 0.25) is 5.88 Å². The predicted molar refractivity (Wildman–Crippen MR) is 192 cm³/mol. The van der Waals surface area contributed by atoms with Gasteiger partial charge in [-0.3, -0.25) is 14.6 Å². The van der Waals surface area contributed by atoms with E-state index in [0.717, 1.165) is 39.0 Å². The number of piperidine rings is 1. The van der Waals surface area contributed by atoms with Crippen LogP contribution in [0.25, 0.3) is 0 Å². The first-order valence-electron chi connectivity index (χ1n) is 17.6. The fourth-order valence-corrected chi connectivity index (χ4v) is 9.39. The van der Waals surface area contributed by atoms with Crippen LogP contribution in [0.5, 0.6) is 17.4 Å². The molecule has 0 unspecified atom stereocenters. The van der Waals surface area contributed by atoms with E-state index in [0.29, 0.717) is 35.3 Å². The van der Waals surface area contributed by atoms with Crippen LogP contribution in [0.4, 0.5) is 10.5 Å². The van der Waals surface area contributed by atoms with Crippen molar-refractivity contribution in [3.63, 3.8) is 0 Å². The number of nitrogens with zero attached hydrogens (tertiary/aromatic N) is 6. The molecule has 1 N–H and O–H groups in total. The molecule has 5 heterocycles. The van der Waals surface area contributed by atoms with Crippen molar-refractivity contribution in [2.45, 2.75) is 48.4 Å². The van der Waals surface area contributed by atoms with E-state index >= 15 is 4.79 Å². The first-order valence-corrected chi connectivity index (χ1v) is 19.1. The highest BCUT2D eigenvalue weighted by Crippen LogP contribution is 2.50. The summed E-state index contributed by atoms with van der Waals surface area (Å²) in [4.78, 5) is 40.0. The standard InChI is InChI=1S/C37H43N7O8S/c1-5-52-34-29(7-6-14-39-34)37(40-36(46)43-20-26(21-43)41-15-12-25(13-16-41)42-22-28(23-42)50-3)30-17-24(19-38)8-10-31(30)44(35(37)45)53(47,48)33-11-9-27(49-2)18-32(33)51-4/h6-11,14,17-18,25-26,28H,5,12-13,15-16,20-23H2,1-4H3,(H,40,46)/t37-/m1/s1. The first kappa shape index (κ1) is 36.4. The second-order valence-electron chi connectivity index (χ2n) is 13.5. The number of ether oxygens (including phenoxy) is 4. The minimum absolute atomic E-state index is 0.0293. The van der Waals surface area contributed by atoms with Gasteiger partial charge >= 0.3 is 6.03 Å². The SMILES string of the molecule is CCOc1ncccc1[C@]1(NC(=O)N2CC(N3CCC(N4CC(OC)C4)CC3)C2)C(=O)N(S(=O)(=O)c2ccc(OC)cc2OC)c2ccc(C#N)cc21. The lowest BCUT2D eigenvalue weighted by atomic mass is 9.83. The highest BCUT2D eigenvalue weighted by atomic mass is 32.2. The molecule has 0 saturated carbocycles. The highest BCUT2D eigenvalue weighted by Gasteiger charge is 2.59. The number of anilines is 1. The molecule has 0 spiro atoms. The van der Waals surface area contributed by atoms with Gasteiger partial charge in [-0.25, -0.2) is 18.2 Å². The topological polar surface area (TPSA) is 167 Å². The smallest absolute Gasteiger partial charge is 0.318 e. The van der Waals surface area contributed by atoms with Crippen molar-refractivity contribution in [2.24, 2.45) is 0 Å². The van der Waals surface area contributed by atoms with Crippen LogP contribution in [0, 0.1) is 11.3 Å². The molecule has 3 saturated heterocycles. The maximum absolute atomic E-state index is 15.2. The van der Waals surface area contributed by atoms with Gasteiger partial charge in [0.05, 0.1) is 49.8 Å². The normalized spacial score (nSPS) is 21.4. The molecule has 2 aromatic carbocycles. The third-order valence-corrected chi connectivity index (χ3v) is 12.5. The molecule has 4 aliphatic rings. The average molecular weight is 746 g/mol. The number of sulfonamides is 1. The van der Waals surface area contributed by atoms with Gasteiger partial charge in [0.15, 0.2) is 5.54 Å². The van der Waals surface area contributed by atoms with Gasteiger partial charge in [-0.1, -0.05) is 0 Å². The van der Waals surface area contributed by atoms with Crippen molar-refractivity contribution < 1.29 is 37.0 Å². The summed E-state index contributed by atoms with van der Waals surface area (Å²) in [6.45, 7) is 6.54. The van der Waals surface area contributed by atoms with Crippen LogP contribution in [0.3, 0.4) is 0 Å². The molecule has 15 nitrogen and oxygen atoms in total. The summed E-state index contributed by atoms with van der Waals surface area (Å²) in [5.74, 6) is -0.672. The van der Waals surface area contributed by atoms with Crippen LogP contribution in [0.2, 0.25) is 0 Å². The van der Waals surface area contributed by atoms with E-state index < -0.39 is 27.5 Å². The molecule has 7 rings (SSSR count). The summed E-state index contributed by atoms with van der Waals surface area (Å²) < 4.78 is 51.9. The third-order valence-electron chi connectivity index (χ3n) is 10.8. The number of hydrogen-bond acceptors (Lipinski definition) is 12. The van der Waals surface area contributed by atoms with Gasteiger partial charge in [0, 0.05) is 76.3 Å². The lowest BCUT2D eigenvalue weighted by Crippen LogP contribution is -2.67. The minimum Gasteiger partial charge on any atom is -0.497 e. The number of methoxy groups -OCH3 is 3. The zero-order valence-electron chi connectivity index (χ0n) is 30.1. The Bertz CT molecular complexity index is 2040. The van der Waals surface area contributed by atoms with Gasteiger partial charge in [-0.2, -0.15) is 9.57 Å². The molecule has 0 aliphatic carbocycles. The molecule has 3 fully saturated rings. The maximum atomic E-state index is 15.2. The third kappa shape index (κ3) is 6.21. The number of fused-ring (bicyclic) bond motifs is 1.